The third kappa shape index (κ3) is 2.73. The van der Waals surface area contributed by atoms with Crippen molar-refractivity contribution in [2.24, 2.45) is 5.41 Å². The summed E-state index contributed by atoms with van der Waals surface area (Å²) in [4.78, 5) is 0. The standard InChI is InChI=1S/C13H25NO/c1-13(2)8-7-11(14-3)12(9-13)15-10-5-4-6-10/h10-12,14H,4-9H2,1-3H3. The Balaban J connectivity index is 1.90. The molecule has 2 fully saturated rings. The highest BCUT2D eigenvalue weighted by Gasteiger charge is 2.36. The quantitative estimate of drug-likeness (QED) is 0.775. The molecule has 2 rings (SSSR count). The summed E-state index contributed by atoms with van der Waals surface area (Å²) in [5.74, 6) is 0. The molecule has 0 saturated heterocycles. The van der Waals surface area contributed by atoms with Gasteiger partial charge in [0.05, 0.1) is 12.2 Å². The predicted octanol–water partition coefficient (Wildman–Crippen LogP) is 2.72. The van der Waals surface area contributed by atoms with Gasteiger partial charge in [0.25, 0.3) is 0 Å². The summed E-state index contributed by atoms with van der Waals surface area (Å²) in [6.07, 6.45) is 8.76. The van der Waals surface area contributed by atoms with E-state index in [1.165, 1.54) is 38.5 Å². The van der Waals surface area contributed by atoms with Gasteiger partial charge in [0, 0.05) is 6.04 Å². The van der Waals surface area contributed by atoms with E-state index in [-0.39, 0.29) is 0 Å². The number of ether oxygens (including phenoxy) is 1. The van der Waals surface area contributed by atoms with Crippen LogP contribution in [0, 0.1) is 5.41 Å². The maximum Gasteiger partial charge on any atom is 0.0736 e. The Morgan fingerprint density at radius 1 is 1.20 bits per heavy atom. The Morgan fingerprint density at radius 3 is 2.47 bits per heavy atom. The number of hydrogen-bond acceptors (Lipinski definition) is 2. The highest BCUT2D eigenvalue weighted by Crippen LogP contribution is 2.38. The first-order valence-electron chi connectivity index (χ1n) is 6.43. The second kappa shape index (κ2) is 4.42. The topological polar surface area (TPSA) is 21.3 Å². The predicted molar refractivity (Wildman–Crippen MR) is 63.0 cm³/mol. The van der Waals surface area contributed by atoms with Crippen molar-refractivity contribution in [1.82, 2.24) is 5.32 Å². The third-order valence-corrected chi connectivity index (χ3v) is 4.12. The lowest BCUT2D eigenvalue weighted by Crippen LogP contribution is -2.48. The van der Waals surface area contributed by atoms with Crippen LogP contribution in [0.5, 0.6) is 0 Å². The van der Waals surface area contributed by atoms with Crippen LogP contribution in [0.1, 0.15) is 52.4 Å². The minimum absolute atomic E-state index is 0.448. The molecule has 2 aliphatic rings. The smallest absolute Gasteiger partial charge is 0.0736 e. The Bertz CT molecular complexity index is 211. The first-order chi connectivity index (χ1) is 7.11. The molecule has 0 amide bonds. The van der Waals surface area contributed by atoms with Crippen LogP contribution in [0.3, 0.4) is 0 Å². The first kappa shape index (κ1) is 11.4. The molecule has 0 aromatic heterocycles. The molecular formula is C13H25NO. The summed E-state index contributed by atoms with van der Waals surface area (Å²) in [7, 11) is 2.07. The van der Waals surface area contributed by atoms with Gasteiger partial charge in [-0.05, 0) is 51.0 Å². The number of nitrogens with one attached hydrogen (secondary N) is 1. The molecule has 2 unspecified atom stereocenters. The second-order valence-corrected chi connectivity index (χ2v) is 6.03. The zero-order valence-corrected chi connectivity index (χ0v) is 10.4. The van der Waals surface area contributed by atoms with Crippen LogP contribution in [-0.4, -0.2) is 25.3 Å². The highest BCUT2D eigenvalue weighted by atomic mass is 16.5. The van der Waals surface area contributed by atoms with E-state index in [9.17, 15) is 0 Å². The monoisotopic (exact) mass is 211 g/mol. The van der Waals surface area contributed by atoms with E-state index < -0.39 is 0 Å². The van der Waals surface area contributed by atoms with Gasteiger partial charge >= 0.3 is 0 Å². The molecule has 0 spiro atoms. The minimum atomic E-state index is 0.448. The van der Waals surface area contributed by atoms with Gasteiger partial charge in [-0.25, -0.2) is 0 Å². The van der Waals surface area contributed by atoms with Gasteiger partial charge in [0.1, 0.15) is 0 Å². The fourth-order valence-corrected chi connectivity index (χ4v) is 2.75. The van der Waals surface area contributed by atoms with E-state index in [0.717, 1.165) is 0 Å². The van der Waals surface area contributed by atoms with Gasteiger partial charge in [-0.1, -0.05) is 13.8 Å². The lowest BCUT2D eigenvalue weighted by molar-refractivity contribution is -0.0954. The highest BCUT2D eigenvalue weighted by molar-refractivity contribution is 4.90. The molecule has 0 bridgehead atoms. The minimum Gasteiger partial charge on any atom is -0.373 e. The van der Waals surface area contributed by atoms with E-state index in [4.69, 9.17) is 4.74 Å². The van der Waals surface area contributed by atoms with E-state index in [0.29, 0.717) is 23.7 Å². The Hall–Kier alpha value is -0.0800. The van der Waals surface area contributed by atoms with Crippen LogP contribution in [0.25, 0.3) is 0 Å². The van der Waals surface area contributed by atoms with Gasteiger partial charge < -0.3 is 10.1 Å². The zero-order chi connectivity index (χ0) is 10.9. The number of hydrogen-bond donors (Lipinski definition) is 1. The van der Waals surface area contributed by atoms with Gasteiger partial charge in [-0.2, -0.15) is 0 Å². The van der Waals surface area contributed by atoms with Crippen molar-refractivity contribution in [1.29, 1.82) is 0 Å². The van der Waals surface area contributed by atoms with Crippen molar-refractivity contribution in [3.05, 3.63) is 0 Å². The molecule has 2 heteroatoms. The molecule has 1 N–H and O–H groups in total. The molecule has 88 valence electrons. The van der Waals surface area contributed by atoms with E-state index in [2.05, 4.69) is 26.2 Å². The molecule has 0 aromatic carbocycles. The van der Waals surface area contributed by atoms with Crippen molar-refractivity contribution in [3.63, 3.8) is 0 Å². The van der Waals surface area contributed by atoms with Crippen LogP contribution in [0.2, 0.25) is 0 Å². The van der Waals surface area contributed by atoms with E-state index in [1.807, 2.05) is 0 Å². The van der Waals surface area contributed by atoms with Gasteiger partial charge in [-0.15, -0.1) is 0 Å². The van der Waals surface area contributed by atoms with Crippen molar-refractivity contribution < 1.29 is 4.74 Å². The average molecular weight is 211 g/mol. The van der Waals surface area contributed by atoms with E-state index >= 15 is 0 Å². The lowest BCUT2D eigenvalue weighted by Gasteiger charge is -2.43. The Morgan fingerprint density at radius 2 is 1.93 bits per heavy atom. The molecule has 2 atom stereocenters. The summed E-state index contributed by atoms with van der Waals surface area (Å²) in [5.41, 5.74) is 0.474. The largest absolute Gasteiger partial charge is 0.373 e. The molecule has 15 heavy (non-hydrogen) atoms. The SMILES string of the molecule is CNC1CCC(C)(C)CC1OC1CCC1. The summed E-state index contributed by atoms with van der Waals surface area (Å²) in [6.45, 7) is 4.74. The fourth-order valence-electron chi connectivity index (χ4n) is 2.75. The Kier molecular flexibility index (Phi) is 3.36. The van der Waals surface area contributed by atoms with Gasteiger partial charge in [0.2, 0.25) is 0 Å². The molecule has 0 heterocycles. The van der Waals surface area contributed by atoms with Crippen LogP contribution in [0.4, 0.5) is 0 Å². The maximum atomic E-state index is 6.20. The first-order valence-corrected chi connectivity index (χ1v) is 6.43. The Labute approximate surface area is 93.8 Å². The maximum absolute atomic E-state index is 6.20. The zero-order valence-electron chi connectivity index (χ0n) is 10.4. The third-order valence-electron chi connectivity index (χ3n) is 4.12. The normalized spacial score (nSPS) is 36.2. The number of likely N-dealkylation sites (N-methyl/N-ethyl adjacent to an activating group) is 1. The molecular weight excluding hydrogens is 186 g/mol. The second-order valence-electron chi connectivity index (χ2n) is 6.03. The van der Waals surface area contributed by atoms with Gasteiger partial charge in [0.15, 0.2) is 0 Å². The number of rotatable bonds is 3. The summed E-state index contributed by atoms with van der Waals surface area (Å²) < 4.78 is 6.20. The summed E-state index contributed by atoms with van der Waals surface area (Å²) >= 11 is 0. The molecule has 2 nitrogen and oxygen atoms in total. The average Bonchev–Trinajstić information content (AvgIpc) is 2.10. The van der Waals surface area contributed by atoms with Crippen molar-refractivity contribution in [2.45, 2.75) is 70.6 Å². The molecule has 0 radical (unpaired) electrons. The van der Waals surface area contributed by atoms with Crippen LogP contribution < -0.4 is 5.32 Å². The molecule has 2 saturated carbocycles. The summed E-state index contributed by atoms with van der Waals surface area (Å²) in [5, 5.41) is 3.42. The van der Waals surface area contributed by atoms with Crippen LogP contribution >= 0.6 is 0 Å². The fraction of sp³-hybridized carbons (Fsp3) is 1.00. The molecule has 2 aliphatic carbocycles. The molecule has 0 aromatic rings. The van der Waals surface area contributed by atoms with Crippen molar-refractivity contribution in [2.75, 3.05) is 7.05 Å². The van der Waals surface area contributed by atoms with Crippen LogP contribution in [-0.2, 0) is 4.74 Å². The van der Waals surface area contributed by atoms with Crippen LogP contribution in [0.15, 0.2) is 0 Å². The van der Waals surface area contributed by atoms with Crippen molar-refractivity contribution in [3.8, 4) is 0 Å². The van der Waals surface area contributed by atoms with Gasteiger partial charge in [-0.3, -0.25) is 0 Å². The lowest BCUT2D eigenvalue weighted by atomic mass is 9.74. The molecule has 0 aliphatic heterocycles. The van der Waals surface area contributed by atoms with E-state index in [1.54, 1.807) is 0 Å². The van der Waals surface area contributed by atoms with Crippen molar-refractivity contribution >= 4 is 0 Å². The summed E-state index contributed by atoms with van der Waals surface area (Å²) in [6, 6.07) is 0.582.